The number of hydrogen-bond acceptors (Lipinski definition) is 5. The number of hydrogen-bond donors (Lipinski definition) is 3. The molecule has 3 amide bonds. The summed E-state index contributed by atoms with van der Waals surface area (Å²) in [7, 11) is 0. The van der Waals surface area contributed by atoms with Gasteiger partial charge in [-0.25, -0.2) is 4.98 Å². The van der Waals surface area contributed by atoms with E-state index in [0.29, 0.717) is 33.9 Å². The Morgan fingerprint density at radius 2 is 1.43 bits per heavy atom. The average molecular weight is 599 g/mol. The van der Waals surface area contributed by atoms with Gasteiger partial charge in [-0.1, -0.05) is 109 Å². The molecule has 0 fully saturated rings. The van der Waals surface area contributed by atoms with Gasteiger partial charge in [0.15, 0.2) is 0 Å². The Balaban J connectivity index is 1.31. The molecule has 0 saturated carbocycles. The number of carbonyl (C=O) groups is 3. The first-order valence-electron chi connectivity index (χ1n) is 14.3. The first-order valence-corrected chi connectivity index (χ1v) is 15.1. The number of thiazole rings is 1. The highest BCUT2D eigenvalue weighted by Gasteiger charge is 2.25. The monoisotopic (exact) mass is 598 g/mol. The van der Waals surface area contributed by atoms with E-state index in [9.17, 15) is 14.4 Å². The number of nitrogens with zero attached hydrogens (tertiary/aromatic N) is 1. The molecule has 8 heteroatoms. The van der Waals surface area contributed by atoms with Gasteiger partial charge in [-0.2, -0.15) is 0 Å². The minimum atomic E-state index is -0.627. The molecule has 0 radical (unpaired) electrons. The molecule has 0 bridgehead atoms. The number of amides is 3. The van der Waals surface area contributed by atoms with Gasteiger partial charge in [0.2, 0.25) is 11.8 Å². The molecule has 44 heavy (non-hydrogen) atoms. The second kappa shape index (κ2) is 12.5. The van der Waals surface area contributed by atoms with Crippen LogP contribution < -0.4 is 16.8 Å². The molecule has 6 rings (SSSR count). The summed E-state index contributed by atoms with van der Waals surface area (Å²) in [5.41, 5.74) is 14.7. The first-order chi connectivity index (χ1) is 21.4. The normalized spacial score (nSPS) is 11.8. The van der Waals surface area contributed by atoms with E-state index in [1.165, 1.54) is 11.3 Å². The van der Waals surface area contributed by atoms with Crippen LogP contribution in [0.1, 0.15) is 49.4 Å². The van der Waals surface area contributed by atoms with Crippen molar-refractivity contribution in [2.24, 2.45) is 11.5 Å². The second-order valence-corrected chi connectivity index (χ2v) is 11.7. The van der Waals surface area contributed by atoms with Crippen LogP contribution in [0.2, 0.25) is 0 Å². The standard InChI is InChI=1S/C36H30N4O3S/c37-34(42)31-25(17-16-24-9-6-7-13-28(24)31)18-19-30(41)39-29(21-22-14-15-23-8-4-5-12-27(23)20-22)36-40-32(35(38)43)33(44-36)26-10-2-1-3-11-26/h1-17,20,29H,18-19,21H2,(H2,37,42)(H2,38,43)(H,39,41)/t29-/m1/s1. The number of carbonyl (C=O) groups excluding carboxylic acids is 3. The van der Waals surface area contributed by atoms with E-state index in [4.69, 9.17) is 11.5 Å². The molecular formula is C36H30N4O3S. The van der Waals surface area contributed by atoms with Crippen molar-refractivity contribution in [2.45, 2.75) is 25.3 Å². The SMILES string of the molecule is NC(=O)c1nc([C@@H](Cc2ccc3ccccc3c2)NC(=O)CCc2ccc3ccccc3c2C(N)=O)sc1-c1ccccc1. The molecule has 1 aromatic heterocycles. The van der Waals surface area contributed by atoms with Gasteiger partial charge >= 0.3 is 0 Å². The van der Waals surface area contributed by atoms with Gasteiger partial charge in [0.05, 0.1) is 16.5 Å². The smallest absolute Gasteiger partial charge is 0.268 e. The summed E-state index contributed by atoms with van der Waals surface area (Å²) in [6, 6.07) is 34.6. The molecule has 5 N–H and O–H groups in total. The molecule has 0 unspecified atom stereocenters. The molecular weight excluding hydrogens is 568 g/mol. The summed E-state index contributed by atoms with van der Waals surface area (Å²) in [5, 5.41) is 7.63. The molecule has 0 saturated heterocycles. The number of aryl methyl sites for hydroxylation is 1. The lowest BCUT2D eigenvalue weighted by atomic mass is 9.95. The van der Waals surface area contributed by atoms with E-state index in [1.54, 1.807) is 0 Å². The molecule has 0 aliphatic rings. The average Bonchev–Trinajstić information content (AvgIpc) is 3.49. The Morgan fingerprint density at radius 3 is 2.18 bits per heavy atom. The van der Waals surface area contributed by atoms with Crippen LogP contribution in [-0.4, -0.2) is 22.7 Å². The van der Waals surface area contributed by atoms with Gasteiger partial charge in [0, 0.05) is 6.42 Å². The highest BCUT2D eigenvalue weighted by Crippen LogP contribution is 2.34. The molecule has 0 aliphatic carbocycles. The molecule has 0 spiro atoms. The van der Waals surface area contributed by atoms with Crippen molar-refractivity contribution >= 4 is 50.6 Å². The fourth-order valence-electron chi connectivity index (χ4n) is 5.57. The fourth-order valence-corrected chi connectivity index (χ4v) is 6.70. The van der Waals surface area contributed by atoms with Crippen molar-refractivity contribution in [1.82, 2.24) is 10.3 Å². The van der Waals surface area contributed by atoms with Gasteiger partial charge < -0.3 is 16.8 Å². The number of benzene rings is 5. The summed E-state index contributed by atoms with van der Waals surface area (Å²) in [4.78, 5) is 43.7. The third kappa shape index (κ3) is 6.07. The predicted octanol–water partition coefficient (Wildman–Crippen LogP) is 6.35. The van der Waals surface area contributed by atoms with Crippen LogP contribution in [0.5, 0.6) is 0 Å². The first kappa shape index (κ1) is 28.8. The quantitative estimate of drug-likeness (QED) is 0.170. The van der Waals surface area contributed by atoms with E-state index in [2.05, 4.69) is 28.5 Å². The Labute approximate surface area is 258 Å². The molecule has 1 atom stereocenters. The zero-order chi connectivity index (χ0) is 30.6. The third-order valence-corrected chi connectivity index (χ3v) is 8.90. The van der Waals surface area contributed by atoms with Crippen molar-refractivity contribution in [3.05, 3.63) is 137 Å². The van der Waals surface area contributed by atoms with Crippen molar-refractivity contribution in [2.75, 3.05) is 0 Å². The van der Waals surface area contributed by atoms with Gasteiger partial charge in [-0.05, 0) is 51.1 Å². The lowest BCUT2D eigenvalue weighted by molar-refractivity contribution is -0.121. The number of nitrogens with two attached hydrogens (primary N) is 2. The van der Waals surface area contributed by atoms with Crippen LogP contribution in [0.25, 0.3) is 32.0 Å². The number of nitrogens with one attached hydrogen (secondary N) is 1. The van der Waals surface area contributed by atoms with Crippen LogP contribution in [0.15, 0.2) is 109 Å². The molecule has 1 heterocycles. The molecule has 6 aromatic rings. The van der Waals surface area contributed by atoms with Crippen molar-refractivity contribution < 1.29 is 14.4 Å². The number of aromatic nitrogens is 1. The minimum absolute atomic E-state index is 0.131. The summed E-state index contributed by atoms with van der Waals surface area (Å²) in [6.45, 7) is 0. The van der Waals surface area contributed by atoms with E-state index in [-0.39, 0.29) is 18.0 Å². The Kier molecular flexibility index (Phi) is 8.16. The maximum Gasteiger partial charge on any atom is 0.268 e. The van der Waals surface area contributed by atoms with Gasteiger partial charge in [-0.15, -0.1) is 11.3 Å². The maximum atomic E-state index is 13.5. The van der Waals surface area contributed by atoms with E-state index >= 15 is 0 Å². The topological polar surface area (TPSA) is 128 Å². The lowest BCUT2D eigenvalue weighted by Crippen LogP contribution is -2.30. The Bertz CT molecular complexity index is 2020. The summed E-state index contributed by atoms with van der Waals surface area (Å²) < 4.78 is 0. The summed E-state index contributed by atoms with van der Waals surface area (Å²) in [5.74, 6) is -1.37. The van der Waals surface area contributed by atoms with Crippen LogP contribution >= 0.6 is 11.3 Å². The third-order valence-electron chi connectivity index (χ3n) is 7.68. The maximum absolute atomic E-state index is 13.5. The van der Waals surface area contributed by atoms with Crippen LogP contribution in [0, 0.1) is 0 Å². The van der Waals surface area contributed by atoms with Gasteiger partial charge in [-0.3, -0.25) is 14.4 Å². The molecule has 0 aliphatic heterocycles. The van der Waals surface area contributed by atoms with Crippen LogP contribution in [0.4, 0.5) is 0 Å². The molecule has 5 aromatic carbocycles. The zero-order valence-electron chi connectivity index (χ0n) is 23.8. The highest BCUT2D eigenvalue weighted by atomic mass is 32.1. The lowest BCUT2D eigenvalue weighted by Gasteiger charge is -2.18. The van der Waals surface area contributed by atoms with E-state index in [0.717, 1.165) is 32.7 Å². The predicted molar refractivity (Wildman–Crippen MR) is 175 cm³/mol. The molecule has 218 valence electrons. The summed E-state index contributed by atoms with van der Waals surface area (Å²) >= 11 is 1.35. The Hall–Kier alpha value is -5.34. The van der Waals surface area contributed by atoms with E-state index in [1.807, 2.05) is 91.0 Å². The van der Waals surface area contributed by atoms with Crippen molar-refractivity contribution in [3.8, 4) is 10.4 Å². The van der Waals surface area contributed by atoms with Crippen LogP contribution in [0.3, 0.4) is 0 Å². The Morgan fingerprint density at radius 1 is 0.750 bits per heavy atom. The highest BCUT2D eigenvalue weighted by molar-refractivity contribution is 7.15. The van der Waals surface area contributed by atoms with Gasteiger partial charge in [0.1, 0.15) is 10.7 Å². The largest absolute Gasteiger partial charge is 0.366 e. The molecule has 7 nitrogen and oxygen atoms in total. The fraction of sp³-hybridized carbons (Fsp3) is 0.111. The van der Waals surface area contributed by atoms with Crippen molar-refractivity contribution in [1.29, 1.82) is 0 Å². The summed E-state index contributed by atoms with van der Waals surface area (Å²) in [6.07, 6.45) is 0.919. The van der Waals surface area contributed by atoms with Crippen molar-refractivity contribution in [3.63, 3.8) is 0 Å². The zero-order valence-corrected chi connectivity index (χ0v) is 24.6. The van der Waals surface area contributed by atoms with E-state index < -0.39 is 17.9 Å². The number of primary amides is 2. The van der Waals surface area contributed by atoms with Crippen LogP contribution in [-0.2, 0) is 17.6 Å². The van der Waals surface area contributed by atoms with Gasteiger partial charge in [0.25, 0.3) is 5.91 Å². The minimum Gasteiger partial charge on any atom is -0.366 e. The number of rotatable bonds is 10. The second-order valence-electron chi connectivity index (χ2n) is 10.7. The number of fused-ring (bicyclic) bond motifs is 2.